The number of nitrogen functional groups attached to an aromatic ring is 1. The first-order chi connectivity index (χ1) is 8.34. The van der Waals surface area contributed by atoms with E-state index in [1.165, 1.54) is 10.4 Å². The molecule has 0 aromatic heterocycles. The zero-order valence-electron chi connectivity index (χ0n) is 10.9. The summed E-state index contributed by atoms with van der Waals surface area (Å²) < 4.78 is 39.4. The number of hydrogen-bond acceptors (Lipinski definition) is 3. The van der Waals surface area contributed by atoms with Crippen LogP contribution in [0.25, 0.3) is 0 Å². The molecule has 0 saturated carbocycles. The van der Waals surface area contributed by atoms with Gasteiger partial charge in [0, 0.05) is 12.6 Å². The smallest absolute Gasteiger partial charge is 0.245 e. The van der Waals surface area contributed by atoms with Crippen LogP contribution < -0.4 is 5.73 Å². The Kier molecular flexibility index (Phi) is 4.70. The van der Waals surface area contributed by atoms with Crippen LogP contribution in [0.1, 0.15) is 27.2 Å². The normalized spacial score (nSPS) is 13.8. The van der Waals surface area contributed by atoms with E-state index in [1.807, 2.05) is 13.8 Å². The van der Waals surface area contributed by atoms with E-state index < -0.39 is 15.8 Å². The number of anilines is 1. The van der Waals surface area contributed by atoms with Gasteiger partial charge >= 0.3 is 0 Å². The van der Waals surface area contributed by atoms with Crippen LogP contribution in [0.5, 0.6) is 0 Å². The van der Waals surface area contributed by atoms with Gasteiger partial charge in [0.1, 0.15) is 10.7 Å². The largest absolute Gasteiger partial charge is 0.398 e. The summed E-state index contributed by atoms with van der Waals surface area (Å²) in [4.78, 5) is -0.162. The van der Waals surface area contributed by atoms with E-state index in [9.17, 15) is 12.8 Å². The van der Waals surface area contributed by atoms with Gasteiger partial charge in [-0.05, 0) is 31.5 Å². The van der Waals surface area contributed by atoms with Crippen molar-refractivity contribution in [2.45, 2.75) is 38.1 Å². The van der Waals surface area contributed by atoms with Crippen molar-refractivity contribution in [3.63, 3.8) is 0 Å². The molecule has 0 aliphatic heterocycles. The van der Waals surface area contributed by atoms with Crippen molar-refractivity contribution in [1.82, 2.24) is 4.31 Å². The van der Waals surface area contributed by atoms with E-state index in [2.05, 4.69) is 0 Å². The molecule has 0 heterocycles. The average molecular weight is 274 g/mol. The highest BCUT2D eigenvalue weighted by molar-refractivity contribution is 7.89. The molecule has 4 nitrogen and oxygen atoms in total. The molecule has 18 heavy (non-hydrogen) atoms. The van der Waals surface area contributed by atoms with Gasteiger partial charge in [-0.3, -0.25) is 0 Å². The van der Waals surface area contributed by atoms with E-state index in [1.54, 1.807) is 6.92 Å². The Bertz CT molecular complexity index is 517. The van der Waals surface area contributed by atoms with Gasteiger partial charge < -0.3 is 5.73 Å². The predicted molar refractivity (Wildman–Crippen MR) is 70.1 cm³/mol. The molecule has 1 rings (SSSR count). The maximum absolute atomic E-state index is 13.2. The van der Waals surface area contributed by atoms with Crippen LogP contribution in [0.2, 0.25) is 0 Å². The van der Waals surface area contributed by atoms with Gasteiger partial charge in [0.05, 0.1) is 5.69 Å². The maximum Gasteiger partial charge on any atom is 0.245 e. The van der Waals surface area contributed by atoms with E-state index in [0.717, 1.165) is 12.1 Å². The lowest BCUT2D eigenvalue weighted by Crippen LogP contribution is -2.38. The Morgan fingerprint density at radius 1 is 1.39 bits per heavy atom. The molecule has 1 atom stereocenters. The molecule has 0 aliphatic rings. The number of hydrogen-bond donors (Lipinski definition) is 1. The average Bonchev–Trinajstić information content (AvgIpc) is 2.32. The fourth-order valence-corrected chi connectivity index (χ4v) is 3.62. The van der Waals surface area contributed by atoms with Gasteiger partial charge in [-0.15, -0.1) is 0 Å². The summed E-state index contributed by atoms with van der Waals surface area (Å²) in [5.74, 6) is -0.608. The molecule has 1 aromatic rings. The Hall–Kier alpha value is -1.14. The summed E-state index contributed by atoms with van der Waals surface area (Å²) >= 11 is 0. The number of benzene rings is 1. The third-order valence-electron chi connectivity index (χ3n) is 2.96. The molecule has 0 radical (unpaired) electrons. The summed E-state index contributed by atoms with van der Waals surface area (Å²) in [5, 5.41) is 0. The van der Waals surface area contributed by atoms with Crippen LogP contribution in [-0.2, 0) is 10.0 Å². The van der Waals surface area contributed by atoms with Crippen molar-refractivity contribution in [1.29, 1.82) is 0 Å². The fraction of sp³-hybridized carbons (Fsp3) is 0.500. The minimum atomic E-state index is -3.75. The highest BCUT2D eigenvalue weighted by Crippen LogP contribution is 2.25. The second kappa shape index (κ2) is 5.67. The van der Waals surface area contributed by atoms with Crippen molar-refractivity contribution in [3.8, 4) is 0 Å². The Morgan fingerprint density at radius 2 is 2.00 bits per heavy atom. The van der Waals surface area contributed by atoms with Crippen LogP contribution in [-0.4, -0.2) is 25.3 Å². The molecular weight excluding hydrogens is 255 g/mol. The second-order valence-electron chi connectivity index (χ2n) is 4.15. The molecule has 0 aliphatic carbocycles. The van der Waals surface area contributed by atoms with Crippen LogP contribution in [0.15, 0.2) is 23.1 Å². The van der Waals surface area contributed by atoms with E-state index in [4.69, 9.17) is 5.73 Å². The van der Waals surface area contributed by atoms with Crippen LogP contribution in [0, 0.1) is 5.82 Å². The van der Waals surface area contributed by atoms with Crippen LogP contribution in [0.3, 0.4) is 0 Å². The zero-order valence-corrected chi connectivity index (χ0v) is 11.7. The minimum absolute atomic E-state index is 0.0677. The SMILES string of the molecule is CCC(C)N(CC)S(=O)(=O)c1cc(F)ccc1N. The lowest BCUT2D eigenvalue weighted by atomic mass is 10.3. The number of rotatable bonds is 5. The van der Waals surface area contributed by atoms with Crippen molar-refractivity contribution in [3.05, 3.63) is 24.0 Å². The highest BCUT2D eigenvalue weighted by atomic mass is 32.2. The van der Waals surface area contributed by atoms with Gasteiger partial charge in [-0.2, -0.15) is 4.31 Å². The fourth-order valence-electron chi connectivity index (χ4n) is 1.78. The number of sulfonamides is 1. The third kappa shape index (κ3) is 2.81. The summed E-state index contributed by atoms with van der Waals surface area (Å²) in [5.41, 5.74) is 5.70. The quantitative estimate of drug-likeness (QED) is 0.837. The predicted octanol–water partition coefficient (Wildman–Crippen LogP) is 2.22. The van der Waals surface area contributed by atoms with Crippen molar-refractivity contribution < 1.29 is 12.8 Å². The van der Waals surface area contributed by atoms with Crippen molar-refractivity contribution in [2.24, 2.45) is 0 Å². The van der Waals surface area contributed by atoms with E-state index in [0.29, 0.717) is 13.0 Å². The molecule has 0 saturated heterocycles. The molecule has 6 heteroatoms. The van der Waals surface area contributed by atoms with Gasteiger partial charge in [0.15, 0.2) is 0 Å². The lowest BCUT2D eigenvalue weighted by Gasteiger charge is -2.26. The first kappa shape index (κ1) is 14.9. The monoisotopic (exact) mass is 274 g/mol. The van der Waals surface area contributed by atoms with E-state index >= 15 is 0 Å². The third-order valence-corrected chi connectivity index (χ3v) is 5.10. The molecule has 0 bridgehead atoms. The first-order valence-electron chi connectivity index (χ1n) is 5.91. The Balaban J connectivity index is 3.31. The van der Waals surface area contributed by atoms with Gasteiger partial charge in [0.25, 0.3) is 0 Å². The number of nitrogens with two attached hydrogens (primary N) is 1. The molecule has 2 N–H and O–H groups in total. The van der Waals surface area contributed by atoms with Crippen molar-refractivity contribution in [2.75, 3.05) is 12.3 Å². The van der Waals surface area contributed by atoms with Crippen LogP contribution in [0.4, 0.5) is 10.1 Å². The van der Waals surface area contributed by atoms with Crippen molar-refractivity contribution >= 4 is 15.7 Å². The second-order valence-corrected chi connectivity index (χ2v) is 6.01. The summed E-state index contributed by atoms with van der Waals surface area (Å²) in [6.45, 7) is 5.79. The van der Waals surface area contributed by atoms with Gasteiger partial charge in [-0.25, -0.2) is 12.8 Å². The highest BCUT2D eigenvalue weighted by Gasteiger charge is 2.28. The molecule has 1 unspecified atom stereocenters. The number of nitrogens with zero attached hydrogens (tertiary/aromatic N) is 1. The molecule has 1 aromatic carbocycles. The van der Waals surface area contributed by atoms with Gasteiger partial charge in [0.2, 0.25) is 10.0 Å². The summed E-state index contributed by atoms with van der Waals surface area (Å²) in [6, 6.07) is 3.23. The summed E-state index contributed by atoms with van der Waals surface area (Å²) in [6.07, 6.45) is 0.683. The Morgan fingerprint density at radius 3 is 2.50 bits per heavy atom. The van der Waals surface area contributed by atoms with E-state index in [-0.39, 0.29) is 16.6 Å². The summed E-state index contributed by atoms with van der Waals surface area (Å²) in [7, 11) is -3.75. The zero-order chi connectivity index (χ0) is 13.9. The minimum Gasteiger partial charge on any atom is -0.398 e. The Labute approximate surface area is 108 Å². The van der Waals surface area contributed by atoms with Gasteiger partial charge in [-0.1, -0.05) is 13.8 Å². The molecular formula is C12H19FN2O2S. The lowest BCUT2D eigenvalue weighted by molar-refractivity contribution is 0.342. The molecule has 0 spiro atoms. The van der Waals surface area contributed by atoms with Crippen LogP contribution >= 0.6 is 0 Å². The molecule has 0 fully saturated rings. The molecule has 0 amide bonds. The first-order valence-corrected chi connectivity index (χ1v) is 7.35. The molecule has 102 valence electrons. The number of halogens is 1. The maximum atomic E-state index is 13.2. The topological polar surface area (TPSA) is 63.4 Å². The standard InChI is InChI=1S/C12H19FN2O2S/c1-4-9(3)15(5-2)18(16,17)12-8-10(13)6-7-11(12)14/h6-9H,4-5,14H2,1-3H3.